The third-order valence-corrected chi connectivity index (χ3v) is 6.77. The molecule has 1 aromatic rings. The molecule has 0 radical (unpaired) electrons. The van der Waals surface area contributed by atoms with E-state index in [2.05, 4.69) is 29.0 Å². The van der Waals surface area contributed by atoms with Gasteiger partial charge in [0, 0.05) is 25.0 Å². The summed E-state index contributed by atoms with van der Waals surface area (Å²) in [7, 11) is 2.10. The number of piperidine rings is 1. The summed E-state index contributed by atoms with van der Waals surface area (Å²) < 4.78 is 0. The van der Waals surface area contributed by atoms with Crippen LogP contribution in [0.5, 0.6) is 0 Å². The van der Waals surface area contributed by atoms with Gasteiger partial charge in [0.05, 0.1) is 11.5 Å². The number of hydrogen-bond acceptors (Lipinski definition) is 3. The molecule has 3 fully saturated rings. The van der Waals surface area contributed by atoms with Gasteiger partial charge in [0.25, 0.3) is 0 Å². The monoisotopic (exact) mass is 342 g/mol. The first-order valence-electron chi connectivity index (χ1n) is 9.86. The van der Waals surface area contributed by atoms with Crippen molar-refractivity contribution in [2.24, 2.45) is 11.8 Å². The van der Waals surface area contributed by atoms with Crippen LogP contribution in [0, 0.1) is 11.8 Å². The van der Waals surface area contributed by atoms with E-state index in [4.69, 9.17) is 0 Å². The van der Waals surface area contributed by atoms with Crippen molar-refractivity contribution in [2.75, 3.05) is 26.7 Å². The fourth-order valence-electron chi connectivity index (χ4n) is 5.41. The van der Waals surface area contributed by atoms with Gasteiger partial charge in [-0.25, -0.2) is 0 Å². The maximum atomic E-state index is 13.2. The van der Waals surface area contributed by atoms with Crippen LogP contribution in [0.4, 0.5) is 0 Å². The summed E-state index contributed by atoms with van der Waals surface area (Å²) in [5.41, 5.74) is 0.245. The van der Waals surface area contributed by atoms with E-state index in [0.29, 0.717) is 18.9 Å². The molecule has 3 aliphatic rings. The van der Waals surface area contributed by atoms with Crippen molar-refractivity contribution in [1.29, 1.82) is 0 Å². The van der Waals surface area contributed by atoms with E-state index in [-0.39, 0.29) is 17.9 Å². The van der Waals surface area contributed by atoms with Crippen molar-refractivity contribution < 1.29 is 9.90 Å². The molecule has 2 heterocycles. The number of aliphatic hydroxyl groups is 1. The van der Waals surface area contributed by atoms with Gasteiger partial charge in [-0.2, -0.15) is 0 Å². The van der Waals surface area contributed by atoms with Crippen molar-refractivity contribution in [1.82, 2.24) is 9.80 Å². The zero-order valence-corrected chi connectivity index (χ0v) is 15.2. The van der Waals surface area contributed by atoms with E-state index >= 15 is 0 Å². The average molecular weight is 342 g/mol. The molecule has 4 atom stereocenters. The second kappa shape index (κ2) is 6.73. The Labute approximate surface area is 150 Å². The highest BCUT2D eigenvalue weighted by Gasteiger charge is 2.51. The number of hydrogen-bond donors (Lipinski definition) is 1. The SMILES string of the molecule is CN1CCC(C(=O)N2CC[C@@](O)(c3ccccc3)[C@@H]3CCCC[C@@H]32)C1. The van der Waals surface area contributed by atoms with Crippen LogP contribution in [-0.4, -0.2) is 53.5 Å². The van der Waals surface area contributed by atoms with E-state index in [1.54, 1.807) is 0 Å². The normalized spacial score (nSPS) is 36.2. The topological polar surface area (TPSA) is 43.8 Å². The summed E-state index contributed by atoms with van der Waals surface area (Å²) in [4.78, 5) is 17.6. The molecule has 1 saturated carbocycles. The predicted octanol–water partition coefficient (Wildman–Crippen LogP) is 2.62. The molecule has 136 valence electrons. The fraction of sp³-hybridized carbons (Fsp3) is 0.667. The van der Waals surface area contributed by atoms with E-state index in [1.165, 1.54) is 6.42 Å². The van der Waals surface area contributed by atoms with Gasteiger partial charge in [-0.3, -0.25) is 4.79 Å². The van der Waals surface area contributed by atoms with Crippen LogP contribution in [0.25, 0.3) is 0 Å². The van der Waals surface area contributed by atoms with Crippen molar-refractivity contribution in [2.45, 2.75) is 50.2 Å². The Morgan fingerprint density at radius 3 is 2.60 bits per heavy atom. The summed E-state index contributed by atoms with van der Waals surface area (Å²) in [6.45, 7) is 2.59. The molecule has 0 spiro atoms. The molecule has 2 saturated heterocycles. The Morgan fingerprint density at radius 1 is 1.12 bits per heavy atom. The Hall–Kier alpha value is -1.39. The molecule has 1 unspecified atom stereocenters. The molecule has 2 aliphatic heterocycles. The standard InChI is InChI=1S/C21H30N2O2/c1-22-13-11-16(15-22)20(24)23-14-12-21(25,17-7-3-2-4-8-17)18-9-5-6-10-19(18)23/h2-4,7-8,16,18-19,25H,5-6,9-15H2,1H3/t16?,18-,19+,21-/m1/s1. The largest absolute Gasteiger partial charge is 0.385 e. The number of carbonyl (C=O) groups excluding carboxylic acids is 1. The van der Waals surface area contributed by atoms with Crippen molar-refractivity contribution >= 4 is 5.91 Å². The molecule has 1 N–H and O–H groups in total. The summed E-state index contributed by atoms with van der Waals surface area (Å²) in [5.74, 6) is 0.646. The number of fused-ring (bicyclic) bond motifs is 1. The Balaban J connectivity index is 1.59. The smallest absolute Gasteiger partial charge is 0.227 e. The molecule has 1 amide bonds. The molecular weight excluding hydrogens is 312 g/mol. The minimum Gasteiger partial charge on any atom is -0.385 e. The van der Waals surface area contributed by atoms with Crippen LogP contribution in [0.15, 0.2) is 30.3 Å². The average Bonchev–Trinajstić information content (AvgIpc) is 3.09. The van der Waals surface area contributed by atoms with E-state index in [1.807, 2.05) is 18.2 Å². The highest BCUT2D eigenvalue weighted by molar-refractivity contribution is 5.80. The fourth-order valence-corrected chi connectivity index (χ4v) is 5.41. The second-order valence-electron chi connectivity index (χ2n) is 8.28. The van der Waals surface area contributed by atoms with Crippen molar-refractivity contribution in [3.05, 3.63) is 35.9 Å². The highest BCUT2D eigenvalue weighted by atomic mass is 16.3. The Bertz CT molecular complexity index is 620. The summed E-state index contributed by atoms with van der Waals surface area (Å²) in [6.07, 6.45) is 6.02. The first kappa shape index (κ1) is 17.0. The van der Waals surface area contributed by atoms with Gasteiger partial charge < -0.3 is 14.9 Å². The van der Waals surface area contributed by atoms with Crippen LogP contribution in [0.2, 0.25) is 0 Å². The number of amides is 1. The molecule has 0 bridgehead atoms. The maximum Gasteiger partial charge on any atom is 0.227 e. The van der Waals surface area contributed by atoms with Gasteiger partial charge in [-0.05, 0) is 44.8 Å². The minimum absolute atomic E-state index is 0.149. The molecule has 0 aromatic heterocycles. The van der Waals surface area contributed by atoms with E-state index in [0.717, 1.165) is 44.3 Å². The molecule has 25 heavy (non-hydrogen) atoms. The van der Waals surface area contributed by atoms with Gasteiger partial charge in [0.1, 0.15) is 0 Å². The lowest BCUT2D eigenvalue weighted by atomic mass is 9.66. The lowest BCUT2D eigenvalue weighted by Crippen LogP contribution is -2.60. The van der Waals surface area contributed by atoms with Crippen molar-refractivity contribution in [3.63, 3.8) is 0 Å². The molecule has 1 aromatic carbocycles. The molecular formula is C21H30N2O2. The van der Waals surface area contributed by atoms with Crippen LogP contribution in [0.3, 0.4) is 0 Å². The summed E-state index contributed by atoms with van der Waals surface area (Å²) in [6, 6.07) is 10.3. The van der Waals surface area contributed by atoms with Crippen LogP contribution >= 0.6 is 0 Å². The first-order valence-corrected chi connectivity index (χ1v) is 9.86. The molecule has 4 nitrogen and oxygen atoms in total. The summed E-state index contributed by atoms with van der Waals surface area (Å²) in [5, 5.41) is 11.6. The van der Waals surface area contributed by atoms with Gasteiger partial charge in [-0.15, -0.1) is 0 Å². The second-order valence-corrected chi connectivity index (χ2v) is 8.28. The predicted molar refractivity (Wildman–Crippen MR) is 98.0 cm³/mol. The van der Waals surface area contributed by atoms with Crippen LogP contribution < -0.4 is 0 Å². The molecule has 4 rings (SSSR count). The lowest BCUT2D eigenvalue weighted by Gasteiger charge is -2.53. The van der Waals surface area contributed by atoms with Gasteiger partial charge >= 0.3 is 0 Å². The van der Waals surface area contributed by atoms with E-state index < -0.39 is 5.60 Å². The number of nitrogens with zero attached hydrogens (tertiary/aromatic N) is 2. The highest BCUT2D eigenvalue weighted by Crippen LogP contribution is 2.47. The van der Waals surface area contributed by atoms with Crippen LogP contribution in [-0.2, 0) is 10.4 Å². The molecule has 4 heteroatoms. The zero-order chi connectivity index (χ0) is 17.4. The number of likely N-dealkylation sites (tertiary alicyclic amines) is 2. The zero-order valence-electron chi connectivity index (χ0n) is 15.2. The quantitative estimate of drug-likeness (QED) is 0.898. The van der Waals surface area contributed by atoms with Crippen LogP contribution in [0.1, 0.15) is 44.1 Å². The lowest BCUT2D eigenvalue weighted by molar-refractivity contribution is -0.158. The Morgan fingerprint density at radius 2 is 1.88 bits per heavy atom. The number of carbonyl (C=O) groups is 1. The number of benzene rings is 1. The van der Waals surface area contributed by atoms with E-state index in [9.17, 15) is 9.90 Å². The van der Waals surface area contributed by atoms with Gasteiger partial charge in [0.15, 0.2) is 0 Å². The Kier molecular flexibility index (Phi) is 4.59. The third kappa shape index (κ3) is 3.00. The maximum absolute atomic E-state index is 13.2. The number of rotatable bonds is 2. The first-order chi connectivity index (χ1) is 12.1. The van der Waals surface area contributed by atoms with Crippen molar-refractivity contribution in [3.8, 4) is 0 Å². The van der Waals surface area contributed by atoms with Gasteiger partial charge in [-0.1, -0.05) is 43.2 Å². The summed E-state index contributed by atoms with van der Waals surface area (Å²) >= 11 is 0. The van der Waals surface area contributed by atoms with Gasteiger partial charge in [0.2, 0.25) is 5.91 Å². The molecule has 1 aliphatic carbocycles. The minimum atomic E-state index is -0.782. The third-order valence-electron chi connectivity index (χ3n) is 6.77.